The van der Waals surface area contributed by atoms with Crippen LogP contribution in [0.4, 0.5) is 0 Å². The number of hydrogen-bond acceptors (Lipinski definition) is 4. The van der Waals surface area contributed by atoms with Crippen LogP contribution in [0.1, 0.15) is 42.2 Å². The summed E-state index contributed by atoms with van der Waals surface area (Å²) in [4.78, 5) is 26.6. The first-order valence-corrected chi connectivity index (χ1v) is 10.4. The zero-order valence-corrected chi connectivity index (χ0v) is 17.3. The Morgan fingerprint density at radius 3 is 2.93 bits per heavy atom. The number of amides is 1. The van der Waals surface area contributed by atoms with E-state index in [1.165, 1.54) is 0 Å². The van der Waals surface area contributed by atoms with E-state index in [4.69, 9.17) is 0 Å². The van der Waals surface area contributed by atoms with Gasteiger partial charge in [0.2, 0.25) is 0 Å². The second kappa shape index (κ2) is 7.85. The fourth-order valence-electron chi connectivity index (χ4n) is 4.39. The lowest BCUT2D eigenvalue weighted by molar-refractivity contribution is 0.0652. The van der Waals surface area contributed by atoms with E-state index in [9.17, 15) is 4.79 Å². The average molecular weight is 392 g/mol. The van der Waals surface area contributed by atoms with Crippen molar-refractivity contribution in [1.29, 1.82) is 0 Å². The Morgan fingerprint density at radius 2 is 2.24 bits per heavy atom. The summed E-state index contributed by atoms with van der Waals surface area (Å²) in [6.45, 7) is 8.64. The Labute approximate surface area is 172 Å². The Balaban J connectivity index is 1.61. The zero-order valence-electron chi connectivity index (χ0n) is 17.3. The highest BCUT2D eigenvalue weighted by molar-refractivity contribution is 6.04. The van der Waals surface area contributed by atoms with Gasteiger partial charge in [-0.05, 0) is 50.0 Å². The molecule has 2 fully saturated rings. The van der Waals surface area contributed by atoms with Gasteiger partial charge in [0.1, 0.15) is 5.84 Å². The molecular formula is C23H29N5O. The van der Waals surface area contributed by atoms with Crippen molar-refractivity contribution in [2.75, 3.05) is 26.7 Å². The summed E-state index contributed by atoms with van der Waals surface area (Å²) in [6.07, 6.45) is 11.5. The van der Waals surface area contributed by atoms with E-state index in [1.807, 2.05) is 24.4 Å². The predicted octanol–water partition coefficient (Wildman–Crippen LogP) is 2.91. The molecule has 1 amide bonds. The van der Waals surface area contributed by atoms with E-state index >= 15 is 0 Å². The minimum absolute atomic E-state index is 0.0860. The maximum absolute atomic E-state index is 13.4. The number of aryl methyl sites for hydroxylation is 1. The van der Waals surface area contributed by atoms with Gasteiger partial charge in [0.25, 0.3) is 5.91 Å². The van der Waals surface area contributed by atoms with Crippen LogP contribution in [0.15, 0.2) is 59.5 Å². The number of aromatic nitrogens is 1. The van der Waals surface area contributed by atoms with Gasteiger partial charge in [-0.3, -0.25) is 14.8 Å². The molecule has 6 nitrogen and oxygen atoms in total. The molecule has 0 atom stereocenters. The quantitative estimate of drug-likeness (QED) is 0.857. The van der Waals surface area contributed by atoms with Crippen LogP contribution in [0, 0.1) is 0 Å². The third-order valence-electron chi connectivity index (χ3n) is 6.12. The third kappa shape index (κ3) is 3.59. The second-order valence-electron chi connectivity index (χ2n) is 7.90. The smallest absolute Gasteiger partial charge is 0.254 e. The molecule has 0 radical (unpaired) electrons. The molecule has 6 heteroatoms. The Kier molecular flexibility index (Phi) is 5.26. The molecule has 29 heavy (non-hydrogen) atoms. The maximum atomic E-state index is 13.4. The molecule has 1 N–H and O–H groups in total. The number of carbonyl (C=O) groups excluding carboxylic acids is 1. The minimum atomic E-state index is -0.0860. The van der Waals surface area contributed by atoms with Gasteiger partial charge in [-0.15, -0.1) is 0 Å². The number of hydrogen-bond donors (Lipinski definition) is 1. The van der Waals surface area contributed by atoms with Crippen LogP contribution in [-0.4, -0.2) is 58.7 Å². The summed E-state index contributed by atoms with van der Waals surface area (Å²) in [6, 6.07) is 3.79. The van der Waals surface area contributed by atoms with E-state index in [1.54, 1.807) is 13.2 Å². The highest BCUT2D eigenvalue weighted by atomic mass is 16.2. The van der Waals surface area contributed by atoms with Gasteiger partial charge in [-0.2, -0.15) is 0 Å². The number of nitrogens with one attached hydrogen (secondary N) is 1. The highest BCUT2D eigenvalue weighted by Crippen LogP contribution is 2.45. The zero-order chi connectivity index (χ0) is 20.4. The van der Waals surface area contributed by atoms with Crippen molar-refractivity contribution < 1.29 is 4.79 Å². The molecule has 2 aliphatic heterocycles. The summed E-state index contributed by atoms with van der Waals surface area (Å²) >= 11 is 0. The molecule has 1 saturated heterocycles. The standard InChI is InChI=1S/C23H29N5O/c1-4-18-15-17(7-11-25-18)22(29)28-14-6-13-27(16-23(28)9-10-23)20(5-2)19-8-12-26-21(19)24-3/h5,7-8,11-12,15H,2,4,6,9-10,13-14,16H2,1,3H3,(H,24,26)/b20-19+. The molecule has 152 valence electrons. The summed E-state index contributed by atoms with van der Waals surface area (Å²) < 4.78 is 0. The largest absolute Gasteiger partial charge is 0.369 e. The lowest BCUT2D eigenvalue weighted by atomic mass is 10.1. The summed E-state index contributed by atoms with van der Waals surface area (Å²) in [5, 5.41) is 3.19. The van der Waals surface area contributed by atoms with Gasteiger partial charge in [-0.1, -0.05) is 13.5 Å². The van der Waals surface area contributed by atoms with Gasteiger partial charge in [0.05, 0.1) is 5.54 Å². The van der Waals surface area contributed by atoms with E-state index in [0.29, 0.717) is 0 Å². The molecular weight excluding hydrogens is 362 g/mol. The van der Waals surface area contributed by atoms with Gasteiger partial charge in [0.15, 0.2) is 0 Å². The molecule has 1 saturated carbocycles. The topological polar surface area (TPSA) is 60.8 Å². The van der Waals surface area contributed by atoms with Crippen molar-refractivity contribution in [3.63, 3.8) is 0 Å². The van der Waals surface area contributed by atoms with Crippen molar-refractivity contribution in [1.82, 2.24) is 20.1 Å². The average Bonchev–Trinajstić information content (AvgIpc) is 3.42. The van der Waals surface area contributed by atoms with Crippen molar-refractivity contribution in [2.24, 2.45) is 4.99 Å². The van der Waals surface area contributed by atoms with Gasteiger partial charge >= 0.3 is 0 Å². The number of rotatable bonds is 4. The van der Waals surface area contributed by atoms with Gasteiger partial charge in [-0.25, -0.2) is 0 Å². The van der Waals surface area contributed by atoms with E-state index in [0.717, 1.165) is 73.7 Å². The van der Waals surface area contributed by atoms with Crippen LogP contribution in [0.2, 0.25) is 0 Å². The van der Waals surface area contributed by atoms with E-state index in [2.05, 4.69) is 44.7 Å². The number of aliphatic imine (C=N–C) groups is 1. The van der Waals surface area contributed by atoms with Crippen LogP contribution >= 0.6 is 0 Å². The SMILES string of the molecule is C=C/C(=C1/C=CNC1=NC)N1CCCN(C(=O)c2ccnc(CC)c2)C2(CC2)C1. The van der Waals surface area contributed by atoms with Crippen molar-refractivity contribution in [3.05, 3.63) is 65.8 Å². The molecule has 1 aromatic heterocycles. The fraction of sp³-hybridized carbons (Fsp3) is 0.435. The van der Waals surface area contributed by atoms with Crippen molar-refractivity contribution in [3.8, 4) is 0 Å². The van der Waals surface area contributed by atoms with Crippen LogP contribution in [0.3, 0.4) is 0 Å². The van der Waals surface area contributed by atoms with Gasteiger partial charge in [0, 0.05) is 61.6 Å². The van der Waals surface area contributed by atoms with Gasteiger partial charge < -0.3 is 15.1 Å². The monoisotopic (exact) mass is 391 g/mol. The first kappa shape index (κ1) is 19.4. The number of carbonyl (C=O) groups is 1. The first-order chi connectivity index (χ1) is 14.1. The second-order valence-corrected chi connectivity index (χ2v) is 7.90. The van der Waals surface area contributed by atoms with E-state index in [-0.39, 0.29) is 11.4 Å². The molecule has 1 spiro atoms. The van der Waals surface area contributed by atoms with E-state index < -0.39 is 0 Å². The lowest BCUT2D eigenvalue weighted by Gasteiger charge is -2.33. The van der Waals surface area contributed by atoms with Crippen LogP contribution in [-0.2, 0) is 6.42 Å². The predicted molar refractivity (Wildman–Crippen MR) is 116 cm³/mol. The summed E-state index contributed by atoms with van der Waals surface area (Å²) in [5.41, 5.74) is 3.78. The van der Waals surface area contributed by atoms with Crippen molar-refractivity contribution in [2.45, 2.75) is 38.1 Å². The normalized spacial score (nSPS) is 23.2. The fourth-order valence-corrected chi connectivity index (χ4v) is 4.39. The Bertz CT molecular complexity index is 910. The molecule has 4 rings (SSSR count). The third-order valence-corrected chi connectivity index (χ3v) is 6.12. The minimum Gasteiger partial charge on any atom is -0.369 e. The Hall–Kier alpha value is -2.89. The number of nitrogens with zero attached hydrogens (tertiary/aromatic N) is 4. The molecule has 0 unspecified atom stereocenters. The summed E-state index contributed by atoms with van der Waals surface area (Å²) in [5.74, 6) is 0.998. The Morgan fingerprint density at radius 1 is 1.41 bits per heavy atom. The van der Waals surface area contributed by atoms with Crippen LogP contribution < -0.4 is 5.32 Å². The molecule has 0 bridgehead atoms. The maximum Gasteiger partial charge on any atom is 0.254 e. The molecule has 1 aromatic rings. The molecule has 3 heterocycles. The first-order valence-electron chi connectivity index (χ1n) is 10.4. The number of pyridine rings is 1. The van der Waals surface area contributed by atoms with Crippen LogP contribution in [0.5, 0.6) is 0 Å². The highest BCUT2D eigenvalue weighted by Gasteiger charge is 2.52. The van der Waals surface area contributed by atoms with Crippen LogP contribution in [0.25, 0.3) is 0 Å². The molecule has 3 aliphatic rings. The molecule has 0 aromatic carbocycles. The molecule has 1 aliphatic carbocycles. The summed E-state index contributed by atoms with van der Waals surface area (Å²) in [7, 11) is 1.79. The lowest BCUT2D eigenvalue weighted by Crippen LogP contribution is -2.46. The number of amidine groups is 1. The van der Waals surface area contributed by atoms with Crippen molar-refractivity contribution >= 4 is 11.7 Å². The number of allylic oxidation sites excluding steroid dienone is 1.